The van der Waals surface area contributed by atoms with Gasteiger partial charge in [-0.1, -0.05) is 34.1 Å². The van der Waals surface area contributed by atoms with Crippen molar-refractivity contribution in [2.75, 3.05) is 17.2 Å². The number of sulfone groups is 1. The van der Waals surface area contributed by atoms with Gasteiger partial charge in [-0.2, -0.15) is 5.10 Å². The van der Waals surface area contributed by atoms with Gasteiger partial charge in [-0.15, -0.1) is 0 Å². The molecule has 2 N–H and O–H groups in total. The van der Waals surface area contributed by atoms with Gasteiger partial charge in [0, 0.05) is 5.56 Å². The Morgan fingerprint density at radius 1 is 1.38 bits per heavy atom. The molecule has 1 aromatic rings. The lowest BCUT2D eigenvalue weighted by Crippen LogP contribution is -2.15. The van der Waals surface area contributed by atoms with Gasteiger partial charge < -0.3 is 5.73 Å². The molecule has 0 saturated carbocycles. The topological polar surface area (TPSA) is 78.0 Å². The minimum atomic E-state index is -2.93. The number of nitrogens with zero attached hydrogens (tertiary/aromatic N) is 2. The van der Waals surface area contributed by atoms with Crippen molar-refractivity contribution in [3.63, 3.8) is 0 Å². The second-order valence-corrected chi connectivity index (χ2v) is 8.85. The van der Waals surface area contributed by atoms with Crippen LogP contribution in [0, 0.1) is 5.92 Å². The van der Waals surface area contributed by atoms with E-state index in [1.54, 1.807) is 4.68 Å². The van der Waals surface area contributed by atoms with E-state index in [9.17, 15) is 8.42 Å². The van der Waals surface area contributed by atoms with Crippen LogP contribution in [0.2, 0.25) is 0 Å². The number of aromatic nitrogens is 2. The molecule has 1 aromatic heterocycles. The number of hydrogen-bond acceptors (Lipinski definition) is 4. The Bertz CT molecular complexity index is 605. The van der Waals surface area contributed by atoms with E-state index in [2.05, 4.69) is 27.7 Å². The molecule has 1 aliphatic rings. The van der Waals surface area contributed by atoms with Gasteiger partial charge >= 0.3 is 0 Å². The van der Waals surface area contributed by atoms with Gasteiger partial charge in [-0.25, -0.2) is 13.1 Å². The number of nitrogen functional groups attached to an aromatic ring is 1. The molecule has 1 fully saturated rings. The first kappa shape index (κ1) is 16.3. The largest absolute Gasteiger partial charge is 0.384 e. The van der Waals surface area contributed by atoms with Crippen LogP contribution in [0.3, 0.4) is 0 Å². The highest BCUT2D eigenvalue weighted by Crippen LogP contribution is 2.33. The summed E-state index contributed by atoms with van der Waals surface area (Å²) >= 11 is 0. The van der Waals surface area contributed by atoms with E-state index >= 15 is 0 Å². The third-order valence-electron chi connectivity index (χ3n) is 4.43. The van der Waals surface area contributed by atoms with Crippen molar-refractivity contribution in [3.05, 3.63) is 11.3 Å². The standard InChI is InChI=1S/C15H27N3O2S/c1-5-11(4)8-13-14(10(2)3)15(16)18(17-13)12-6-7-21(19,20)9-12/h10-12H,5-9,16H2,1-4H3. The summed E-state index contributed by atoms with van der Waals surface area (Å²) in [5.41, 5.74) is 8.44. The van der Waals surface area contributed by atoms with Crippen LogP contribution >= 0.6 is 0 Å². The van der Waals surface area contributed by atoms with Crippen LogP contribution in [0.25, 0.3) is 0 Å². The van der Waals surface area contributed by atoms with Gasteiger partial charge in [0.25, 0.3) is 0 Å². The van der Waals surface area contributed by atoms with Crippen molar-refractivity contribution >= 4 is 15.7 Å². The summed E-state index contributed by atoms with van der Waals surface area (Å²) < 4.78 is 25.2. The molecule has 0 aromatic carbocycles. The maximum atomic E-state index is 11.7. The highest BCUT2D eigenvalue weighted by Gasteiger charge is 2.32. The fourth-order valence-electron chi connectivity index (χ4n) is 3.01. The second kappa shape index (κ2) is 5.99. The molecule has 2 unspecified atom stereocenters. The van der Waals surface area contributed by atoms with Crippen molar-refractivity contribution in [1.29, 1.82) is 0 Å². The van der Waals surface area contributed by atoms with E-state index in [0.717, 1.165) is 24.1 Å². The Balaban J connectivity index is 2.37. The molecule has 0 aliphatic carbocycles. The van der Waals surface area contributed by atoms with Crippen LogP contribution in [-0.2, 0) is 16.3 Å². The molecule has 2 heterocycles. The van der Waals surface area contributed by atoms with Gasteiger partial charge in [0.1, 0.15) is 5.82 Å². The Labute approximate surface area is 127 Å². The Hall–Kier alpha value is -1.04. The first-order valence-electron chi connectivity index (χ1n) is 7.82. The van der Waals surface area contributed by atoms with Crippen molar-refractivity contribution in [3.8, 4) is 0 Å². The lowest BCUT2D eigenvalue weighted by atomic mass is 9.95. The SMILES string of the molecule is CCC(C)Cc1nn(C2CCS(=O)(=O)C2)c(N)c1C(C)C. The third kappa shape index (κ3) is 3.42. The first-order chi connectivity index (χ1) is 9.75. The number of anilines is 1. The summed E-state index contributed by atoms with van der Waals surface area (Å²) in [5, 5.41) is 4.69. The number of hydrogen-bond donors (Lipinski definition) is 1. The van der Waals surface area contributed by atoms with E-state index < -0.39 is 9.84 Å². The first-order valence-corrected chi connectivity index (χ1v) is 9.64. The van der Waals surface area contributed by atoms with Crippen LogP contribution in [-0.4, -0.2) is 29.7 Å². The van der Waals surface area contributed by atoms with Gasteiger partial charge in [0.2, 0.25) is 0 Å². The van der Waals surface area contributed by atoms with Gasteiger partial charge in [0.15, 0.2) is 9.84 Å². The summed E-state index contributed by atoms with van der Waals surface area (Å²) in [4.78, 5) is 0. The van der Waals surface area contributed by atoms with Crippen LogP contribution in [0.1, 0.15) is 63.8 Å². The van der Waals surface area contributed by atoms with Crippen LogP contribution in [0.4, 0.5) is 5.82 Å². The quantitative estimate of drug-likeness (QED) is 0.906. The maximum Gasteiger partial charge on any atom is 0.152 e. The molecule has 1 aliphatic heterocycles. The number of nitrogens with two attached hydrogens (primary N) is 1. The molecule has 1 saturated heterocycles. The minimum absolute atomic E-state index is 0.0989. The normalized spacial score (nSPS) is 22.8. The summed E-state index contributed by atoms with van der Waals surface area (Å²) in [6.07, 6.45) is 2.62. The van der Waals surface area contributed by atoms with Gasteiger partial charge in [0.05, 0.1) is 23.2 Å². The summed E-state index contributed by atoms with van der Waals surface area (Å²) in [6.45, 7) is 8.61. The number of rotatable bonds is 5. The maximum absolute atomic E-state index is 11.7. The van der Waals surface area contributed by atoms with Crippen LogP contribution < -0.4 is 5.73 Å². The summed E-state index contributed by atoms with van der Waals surface area (Å²) in [5.74, 6) is 1.92. The molecule has 21 heavy (non-hydrogen) atoms. The van der Waals surface area contributed by atoms with Crippen molar-refractivity contribution in [1.82, 2.24) is 9.78 Å². The highest BCUT2D eigenvalue weighted by atomic mass is 32.2. The molecule has 0 amide bonds. The highest BCUT2D eigenvalue weighted by molar-refractivity contribution is 7.91. The predicted molar refractivity (Wildman–Crippen MR) is 86.2 cm³/mol. The van der Waals surface area contributed by atoms with Crippen molar-refractivity contribution in [2.45, 2.75) is 58.9 Å². The van der Waals surface area contributed by atoms with Crippen LogP contribution in [0.15, 0.2) is 0 Å². The van der Waals surface area contributed by atoms with Gasteiger partial charge in [-0.3, -0.25) is 0 Å². The van der Waals surface area contributed by atoms with E-state index in [4.69, 9.17) is 10.8 Å². The molecule has 5 nitrogen and oxygen atoms in total. The zero-order valence-corrected chi connectivity index (χ0v) is 14.3. The average Bonchev–Trinajstić information content (AvgIpc) is 2.89. The zero-order chi connectivity index (χ0) is 15.8. The van der Waals surface area contributed by atoms with Gasteiger partial charge in [-0.05, 0) is 24.7 Å². The zero-order valence-electron chi connectivity index (χ0n) is 13.5. The summed E-state index contributed by atoms with van der Waals surface area (Å²) in [7, 11) is -2.93. The fourth-order valence-corrected chi connectivity index (χ4v) is 4.70. The average molecular weight is 313 g/mol. The monoisotopic (exact) mass is 313 g/mol. The smallest absolute Gasteiger partial charge is 0.152 e. The lowest BCUT2D eigenvalue weighted by Gasteiger charge is -2.12. The van der Waals surface area contributed by atoms with E-state index in [1.807, 2.05) is 0 Å². The minimum Gasteiger partial charge on any atom is -0.384 e. The molecular formula is C15H27N3O2S. The van der Waals surface area contributed by atoms with Crippen molar-refractivity contribution in [2.24, 2.45) is 5.92 Å². The molecule has 2 rings (SSSR count). The predicted octanol–water partition coefficient (Wildman–Crippen LogP) is 2.54. The van der Waals surface area contributed by atoms with Crippen molar-refractivity contribution < 1.29 is 8.42 Å². The molecule has 0 bridgehead atoms. The molecule has 0 radical (unpaired) electrons. The van der Waals surface area contributed by atoms with Crippen LogP contribution in [0.5, 0.6) is 0 Å². The van der Waals surface area contributed by atoms with E-state index in [-0.39, 0.29) is 17.5 Å². The second-order valence-electron chi connectivity index (χ2n) is 6.62. The molecule has 6 heteroatoms. The Morgan fingerprint density at radius 2 is 2.05 bits per heavy atom. The Kier molecular flexibility index (Phi) is 4.66. The summed E-state index contributed by atoms with van der Waals surface area (Å²) in [6, 6.07) is -0.0989. The van der Waals surface area contributed by atoms with E-state index in [0.29, 0.717) is 24.1 Å². The molecule has 0 spiro atoms. The lowest BCUT2D eigenvalue weighted by molar-refractivity contribution is 0.489. The van der Waals surface area contributed by atoms with E-state index in [1.165, 1.54) is 0 Å². The molecule has 120 valence electrons. The molecular weight excluding hydrogens is 286 g/mol. The Morgan fingerprint density at radius 3 is 2.52 bits per heavy atom. The fraction of sp³-hybridized carbons (Fsp3) is 0.800. The molecule has 2 atom stereocenters. The third-order valence-corrected chi connectivity index (χ3v) is 6.18.